The van der Waals surface area contributed by atoms with Gasteiger partial charge in [0.25, 0.3) is 0 Å². The van der Waals surface area contributed by atoms with Gasteiger partial charge in [-0.2, -0.15) is 0 Å². The van der Waals surface area contributed by atoms with Gasteiger partial charge in [0, 0.05) is 44.1 Å². The molecular formula is C37H24N2S. The molecule has 0 bridgehead atoms. The van der Waals surface area contributed by atoms with Crippen LogP contribution in [0.5, 0.6) is 0 Å². The van der Waals surface area contributed by atoms with Gasteiger partial charge in [-0.1, -0.05) is 133 Å². The molecule has 1 aromatic heterocycles. The Morgan fingerprint density at radius 1 is 0.425 bits per heavy atom. The Hall–Kier alpha value is -4.86. The SMILES string of the molecule is c1ccc(-c2cncc(-c3ccccc3)c2N2c3c(ccc4ccccc34)Sc3ccc4ccccc4c32)cc1. The van der Waals surface area contributed by atoms with E-state index in [-0.39, 0.29) is 0 Å². The highest BCUT2D eigenvalue weighted by Crippen LogP contribution is 2.58. The Morgan fingerprint density at radius 2 is 0.875 bits per heavy atom. The summed E-state index contributed by atoms with van der Waals surface area (Å²) in [4.78, 5) is 9.82. The van der Waals surface area contributed by atoms with Crippen LogP contribution >= 0.6 is 11.8 Å². The van der Waals surface area contributed by atoms with Gasteiger partial charge in [-0.3, -0.25) is 4.98 Å². The van der Waals surface area contributed by atoms with Gasteiger partial charge in [0.1, 0.15) is 0 Å². The molecule has 8 rings (SSSR count). The molecule has 0 saturated heterocycles. The van der Waals surface area contributed by atoms with Crippen LogP contribution in [0.25, 0.3) is 43.8 Å². The fraction of sp³-hybridized carbons (Fsp3) is 0. The first kappa shape index (κ1) is 23.1. The Kier molecular flexibility index (Phi) is 5.42. The average Bonchev–Trinajstić information content (AvgIpc) is 3.04. The van der Waals surface area contributed by atoms with Gasteiger partial charge < -0.3 is 4.90 Å². The molecular weight excluding hydrogens is 504 g/mol. The number of hydrogen-bond acceptors (Lipinski definition) is 3. The molecule has 0 aliphatic carbocycles. The summed E-state index contributed by atoms with van der Waals surface area (Å²) < 4.78 is 0. The largest absolute Gasteiger partial charge is 0.306 e. The van der Waals surface area contributed by atoms with E-state index in [4.69, 9.17) is 4.98 Å². The molecule has 0 unspecified atom stereocenters. The second-order valence-corrected chi connectivity index (χ2v) is 11.1. The van der Waals surface area contributed by atoms with Crippen molar-refractivity contribution in [2.24, 2.45) is 0 Å². The number of hydrogen-bond donors (Lipinski definition) is 0. The van der Waals surface area contributed by atoms with Gasteiger partial charge in [0.15, 0.2) is 0 Å². The summed E-state index contributed by atoms with van der Waals surface area (Å²) in [5, 5.41) is 4.93. The molecule has 0 fully saturated rings. The highest BCUT2D eigenvalue weighted by molar-refractivity contribution is 7.99. The molecule has 3 heteroatoms. The lowest BCUT2D eigenvalue weighted by Crippen LogP contribution is -2.18. The maximum atomic E-state index is 4.80. The highest BCUT2D eigenvalue weighted by atomic mass is 32.2. The summed E-state index contributed by atoms with van der Waals surface area (Å²) in [6.45, 7) is 0. The number of benzene rings is 6. The minimum Gasteiger partial charge on any atom is -0.306 e. The van der Waals surface area contributed by atoms with Gasteiger partial charge in [0.05, 0.1) is 17.1 Å². The van der Waals surface area contributed by atoms with Crippen LogP contribution in [0, 0.1) is 0 Å². The number of nitrogens with zero attached hydrogens (tertiary/aromatic N) is 2. The van der Waals surface area contributed by atoms with E-state index in [1.54, 1.807) is 0 Å². The van der Waals surface area contributed by atoms with Crippen LogP contribution in [0.1, 0.15) is 0 Å². The normalized spacial score (nSPS) is 12.3. The van der Waals surface area contributed by atoms with E-state index in [1.807, 2.05) is 24.2 Å². The molecule has 0 N–H and O–H groups in total. The van der Waals surface area contributed by atoms with E-state index in [9.17, 15) is 0 Å². The summed E-state index contributed by atoms with van der Waals surface area (Å²) in [5.74, 6) is 0. The molecule has 0 saturated carbocycles. The number of pyridine rings is 1. The lowest BCUT2D eigenvalue weighted by atomic mass is 9.95. The summed E-state index contributed by atoms with van der Waals surface area (Å²) in [6, 6.07) is 47.8. The zero-order chi connectivity index (χ0) is 26.5. The van der Waals surface area contributed by atoms with Crippen LogP contribution < -0.4 is 4.90 Å². The maximum absolute atomic E-state index is 4.80. The van der Waals surface area contributed by atoms with Crippen LogP contribution in [-0.2, 0) is 0 Å². The highest BCUT2D eigenvalue weighted by Gasteiger charge is 2.32. The van der Waals surface area contributed by atoms with Crippen molar-refractivity contribution >= 4 is 50.4 Å². The molecule has 188 valence electrons. The lowest BCUT2D eigenvalue weighted by molar-refractivity contribution is 1.18. The van der Waals surface area contributed by atoms with Crippen molar-refractivity contribution in [3.05, 3.63) is 146 Å². The molecule has 7 aromatic rings. The Labute approximate surface area is 237 Å². The summed E-state index contributed by atoms with van der Waals surface area (Å²) >= 11 is 1.86. The maximum Gasteiger partial charge on any atom is 0.0680 e. The third-order valence-corrected chi connectivity index (χ3v) is 8.80. The zero-order valence-corrected chi connectivity index (χ0v) is 22.5. The fourth-order valence-corrected chi connectivity index (χ4v) is 7.01. The topological polar surface area (TPSA) is 16.1 Å². The van der Waals surface area contributed by atoms with Gasteiger partial charge in [-0.25, -0.2) is 0 Å². The van der Waals surface area contributed by atoms with E-state index in [2.05, 4.69) is 138 Å². The van der Waals surface area contributed by atoms with E-state index in [0.717, 1.165) is 27.9 Å². The molecule has 6 aromatic carbocycles. The number of aromatic nitrogens is 1. The Morgan fingerprint density at radius 3 is 1.38 bits per heavy atom. The predicted molar refractivity (Wildman–Crippen MR) is 169 cm³/mol. The lowest BCUT2D eigenvalue weighted by Gasteiger charge is -2.37. The molecule has 0 spiro atoms. The number of fused-ring (bicyclic) bond motifs is 6. The predicted octanol–water partition coefficient (Wildman–Crippen LogP) is 10.7. The smallest absolute Gasteiger partial charge is 0.0680 e. The van der Waals surface area contributed by atoms with Crippen molar-refractivity contribution in [3.63, 3.8) is 0 Å². The Bertz CT molecular complexity index is 1890. The molecule has 2 nitrogen and oxygen atoms in total. The van der Waals surface area contributed by atoms with Crippen molar-refractivity contribution in [1.82, 2.24) is 4.98 Å². The number of anilines is 3. The summed E-state index contributed by atoms with van der Waals surface area (Å²) in [7, 11) is 0. The molecule has 40 heavy (non-hydrogen) atoms. The third-order valence-electron chi connectivity index (χ3n) is 7.70. The molecule has 0 amide bonds. The van der Waals surface area contributed by atoms with Crippen LogP contribution in [0.2, 0.25) is 0 Å². The van der Waals surface area contributed by atoms with Gasteiger partial charge in [-0.15, -0.1) is 0 Å². The van der Waals surface area contributed by atoms with Crippen LogP contribution in [0.15, 0.2) is 156 Å². The van der Waals surface area contributed by atoms with Crippen LogP contribution in [0.4, 0.5) is 17.1 Å². The van der Waals surface area contributed by atoms with Crippen molar-refractivity contribution in [3.8, 4) is 22.3 Å². The van der Waals surface area contributed by atoms with E-state index < -0.39 is 0 Å². The first-order valence-corrected chi connectivity index (χ1v) is 14.3. The van der Waals surface area contributed by atoms with E-state index in [1.165, 1.54) is 42.7 Å². The van der Waals surface area contributed by atoms with Gasteiger partial charge >= 0.3 is 0 Å². The Balaban J connectivity index is 1.57. The van der Waals surface area contributed by atoms with Gasteiger partial charge in [0.2, 0.25) is 0 Å². The van der Waals surface area contributed by atoms with Crippen LogP contribution in [0.3, 0.4) is 0 Å². The summed E-state index contributed by atoms with van der Waals surface area (Å²) in [6.07, 6.45) is 4.04. The quantitative estimate of drug-likeness (QED) is 0.227. The monoisotopic (exact) mass is 528 g/mol. The molecule has 1 aliphatic heterocycles. The number of rotatable bonds is 3. The first-order chi connectivity index (χ1) is 19.9. The first-order valence-electron chi connectivity index (χ1n) is 13.5. The standard InChI is InChI=1S/C37H24N2S/c1-3-11-25(12-4-1)31-23-38-24-32(26-13-5-2-6-14-26)35(31)39-36-29-17-9-7-15-27(29)19-21-33(36)40-34-22-20-28-16-8-10-18-30(28)37(34)39/h1-24H. The summed E-state index contributed by atoms with van der Waals surface area (Å²) in [5.41, 5.74) is 8.07. The van der Waals surface area contributed by atoms with Crippen molar-refractivity contribution in [2.45, 2.75) is 9.79 Å². The minimum atomic E-state index is 1.10. The third kappa shape index (κ3) is 3.63. The molecule has 2 heterocycles. The van der Waals surface area contributed by atoms with E-state index in [0.29, 0.717) is 0 Å². The zero-order valence-electron chi connectivity index (χ0n) is 21.7. The van der Waals surface area contributed by atoms with E-state index >= 15 is 0 Å². The molecule has 0 radical (unpaired) electrons. The second kappa shape index (κ2) is 9.41. The fourth-order valence-electron chi connectivity index (χ4n) is 5.90. The van der Waals surface area contributed by atoms with Crippen molar-refractivity contribution < 1.29 is 0 Å². The molecule has 0 atom stereocenters. The van der Waals surface area contributed by atoms with Crippen LogP contribution in [-0.4, -0.2) is 4.98 Å². The van der Waals surface area contributed by atoms with Crippen molar-refractivity contribution in [1.29, 1.82) is 0 Å². The average molecular weight is 529 g/mol. The molecule has 1 aliphatic rings. The second-order valence-electron chi connectivity index (χ2n) is 10.0. The van der Waals surface area contributed by atoms with Gasteiger partial charge in [-0.05, 0) is 34.0 Å². The van der Waals surface area contributed by atoms with Crippen molar-refractivity contribution in [2.75, 3.05) is 4.90 Å². The minimum absolute atomic E-state index is 1.10.